The number of carbonyl (C=O) groups excluding carboxylic acids is 1. The molecule has 0 spiro atoms. The predicted octanol–water partition coefficient (Wildman–Crippen LogP) is 2.19. The van der Waals surface area contributed by atoms with Gasteiger partial charge in [-0.15, -0.1) is 10.2 Å². The zero-order valence-corrected chi connectivity index (χ0v) is 13.3. The van der Waals surface area contributed by atoms with Crippen LogP contribution in [0.15, 0.2) is 30.3 Å². The van der Waals surface area contributed by atoms with Crippen LogP contribution in [0.4, 0.5) is 0 Å². The molecule has 112 valence electrons. The molecule has 0 aliphatic carbocycles. The lowest BCUT2D eigenvalue weighted by molar-refractivity contribution is -0.124. The number of nitrogens with one attached hydrogen (secondary N) is 1. The molecule has 0 radical (unpaired) electrons. The molecule has 0 saturated carbocycles. The first-order valence-electron chi connectivity index (χ1n) is 6.79. The van der Waals surface area contributed by atoms with E-state index in [9.17, 15) is 4.79 Å². The van der Waals surface area contributed by atoms with Crippen molar-refractivity contribution in [1.82, 2.24) is 15.5 Å². The summed E-state index contributed by atoms with van der Waals surface area (Å²) in [6, 6.07) is 9.30. The third-order valence-electron chi connectivity index (χ3n) is 3.12. The van der Waals surface area contributed by atoms with Gasteiger partial charge in [-0.05, 0) is 5.41 Å². The van der Waals surface area contributed by atoms with Crippen molar-refractivity contribution in [3.63, 3.8) is 0 Å². The molecule has 2 aromatic rings. The minimum Gasteiger partial charge on any atom is -0.348 e. The lowest BCUT2D eigenvalue weighted by atomic mass is 9.87. The number of hydrogen-bond acceptors (Lipinski definition) is 5. The zero-order chi connectivity index (χ0) is 15.5. The van der Waals surface area contributed by atoms with Gasteiger partial charge in [0.2, 0.25) is 5.91 Å². The molecule has 5 nitrogen and oxygen atoms in total. The fourth-order valence-electron chi connectivity index (χ4n) is 1.69. The first-order valence-corrected chi connectivity index (χ1v) is 7.60. The molecule has 0 saturated heterocycles. The maximum Gasteiger partial charge on any atom is 0.237 e. The van der Waals surface area contributed by atoms with Crippen LogP contribution in [0.3, 0.4) is 0 Å². The van der Waals surface area contributed by atoms with Gasteiger partial charge in [0.1, 0.15) is 10.0 Å². The van der Waals surface area contributed by atoms with E-state index in [1.165, 1.54) is 11.3 Å². The summed E-state index contributed by atoms with van der Waals surface area (Å²) in [5.74, 6) is -0.168. The predicted molar refractivity (Wildman–Crippen MR) is 84.6 cm³/mol. The van der Waals surface area contributed by atoms with Gasteiger partial charge in [-0.25, -0.2) is 0 Å². The van der Waals surface area contributed by atoms with E-state index in [4.69, 9.17) is 5.73 Å². The summed E-state index contributed by atoms with van der Waals surface area (Å²) in [4.78, 5) is 12.0. The van der Waals surface area contributed by atoms with E-state index in [-0.39, 0.29) is 11.3 Å². The normalized spacial score (nSPS) is 13.0. The molecule has 1 heterocycles. The Bertz CT molecular complexity index is 604. The summed E-state index contributed by atoms with van der Waals surface area (Å²) in [5, 5.41) is 12.7. The van der Waals surface area contributed by atoms with Gasteiger partial charge < -0.3 is 11.1 Å². The van der Waals surface area contributed by atoms with Gasteiger partial charge in [0, 0.05) is 5.56 Å². The third kappa shape index (κ3) is 4.09. The van der Waals surface area contributed by atoms with E-state index in [0.717, 1.165) is 15.6 Å². The smallest absolute Gasteiger partial charge is 0.237 e. The Balaban J connectivity index is 1.96. The minimum absolute atomic E-state index is 0.168. The highest BCUT2D eigenvalue weighted by atomic mass is 32.1. The van der Waals surface area contributed by atoms with Gasteiger partial charge in [-0.3, -0.25) is 4.79 Å². The molecule has 0 aliphatic heterocycles. The number of nitrogens with zero attached hydrogens (tertiary/aromatic N) is 2. The molecule has 21 heavy (non-hydrogen) atoms. The molecule has 0 fully saturated rings. The summed E-state index contributed by atoms with van der Waals surface area (Å²) in [5.41, 5.74) is 6.67. The second-order valence-electron chi connectivity index (χ2n) is 5.93. The van der Waals surface area contributed by atoms with Crippen LogP contribution in [-0.2, 0) is 11.3 Å². The topological polar surface area (TPSA) is 80.9 Å². The molecule has 1 aromatic carbocycles. The lowest BCUT2D eigenvalue weighted by Gasteiger charge is -2.25. The van der Waals surface area contributed by atoms with Crippen LogP contribution < -0.4 is 11.1 Å². The Kier molecular flexibility index (Phi) is 4.69. The van der Waals surface area contributed by atoms with Gasteiger partial charge in [-0.1, -0.05) is 62.4 Å². The van der Waals surface area contributed by atoms with Gasteiger partial charge in [0.05, 0.1) is 12.6 Å². The van der Waals surface area contributed by atoms with Crippen molar-refractivity contribution in [2.75, 3.05) is 0 Å². The molecule has 2 rings (SSSR count). The molecule has 3 N–H and O–H groups in total. The van der Waals surface area contributed by atoms with Crippen molar-refractivity contribution < 1.29 is 4.79 Å². The van der Waals surface area contributed by atoms with E-state index < -0.39 is 6.04 Å². The fourth-order valence-corrected chi connectivity index (χ4v) is 2.47. The molecule has 0 unspecified atom stereocenters. The van der Waals surface area contributed by atoms with Crippen molar-refractivity contribution in [2.45, 2.75) is 33.4 Å². The molecule has 6 heteroatoms. The number of nitrogens with two attached hydrogens (primary N) is 1. The van der Waals surface area contributed by atoms with E-state index in [2.05, 4.69) is 15.5 Å². The maximum atomic E-state index is 12.0. The van der Waals surface area contributed by atoms with Crippen molar-refractivity contribution in [3.05, 3.63) is 35.3 Å². The summed E-state index contributed by atoms with van der Waals surface area (Å²) in [6.45, 7) is 6.17. The Morgan fingerprint density at radius 2 is 1.95 bits per heavy atom. The highest BCUT2D eigenvalue weighted by Crippen LogP contribution is 2.23. The van der Waals surface area contributed by atoms with Gasteiger partial charge >= 0.3 is 0 Å². The average Bonchev–Trinajstić information content (AvgIpc) is 2.93. The molecular weight excluding hydrogens is 284 g/mol. The van der Waals surface area contributed by atoms with Gasteiger partial charge in [-0.2, -0.15) is 0 Å². The monoisotopic (exact) mass is 304 g/mol. The average molecular weight is 304 g/mol. The molecule has 0 bridgehead atoms. The van der Waals surface area contributed by atoms with E-state index in [1.807, 2.05) is 51.1 Å². The molecular formula is C15H20N4OS. The van der Waals surface area contributed by atoms with Crippen LogP contribution in [-0.4, -0.2) is 22.1 Å². The van der Waals surface area contributed by atoms with E-state index >= 15 is 0 Å². The van der Waals surface area contributed by atoms with Crippen LogP contribution in [0.5, 0.6) is 0 Å². The SMILES string of the molecule is CC(C)(C)[C@H](N)C(=O)NCc1nnc(-c2ccccc2)s1. The highest BCUT2D eigenvalue weighted by Gasteiger charge is 2.27. The molecule has 1 amide bonds. The van der Waals surface area contributed by atoms with Crippen LogP contribution in [0.25, 0.3) is 10.6 Å². The van der Waals surface area contributed by atoms with E-state index in [1.54, 1.807) is 0 Å². The van der Waals surface area contributed by atoms with Crippen molar-refractivity contribution in [3.8, 4) is 10.6 Å². The van der Waals surface area contributed by atoms with Gasteiger partial charge in [0.15, 0.2) is 0 Å². The maximum absolute atomic E-state index is 12.0. The number of amides is 1. The molecule has 0 aliphatic rings. The number of rotatable bonds is 4. The van der Waals surface area contributed by atoms with Crippen molar-refractivity contribution >= 4 is 17.2 Å². The van der Waals surface area contributed by atoms with Gasteiger partial charge in [0.25, 0.3) is 0 Å². The van der Waals surface area contributed by atoms with E-state index in [0.29, 0.717) is 6.54 Å². The second-order valence-corrected chi connectivity index (χ2v) is 6.99. The zero-order valence-electron chi connectivity index (χ0n) is 12.5. The number of aromatic nitrogens is 2. The Morgan fingerprint density at radius 3 is 2.57 bits per heavy atom. The molecule has 1 atom stereocenters. The Hall–Kier alpha value is -1.79. The summed E-state index contributed by atoms with van der Waals surface area (Å²) >= 11 is 1.47. The second kappa shape index (κ2) is 6.32. The number of carbonyl (C=O) groups is 1. The standard InChI is InChI=1S/C15H20N4OS/c1-15(2,3)12(16)13(20)17-9-11-18-19-14(21-11)10-7-5-4-6-8-10/h4-8,12H,9,16H2,1-3H3,(H,17,20)/t12-/m1/s1. The fraction of sp³-hybridized carbons (Fsp3) is 0.400. The quantitative estimate of drug-likeness (QED) is 0.907. The minimum atomic E-state index is -0.543. The van der Waals surface area contributed by atoms with Crippen LogP contribution in [0.2, 0.25) is 0 Å². The number of benzene rings is 1. The first kappa shape index (κ1) is 15.6. The van der Waals surface area contributed by atoms with Crippen molar-refractivity contribution in [1.29, 1.82) is 0 Å². The summed E-state index contributed by atoms with van der Waals surface area (Å²) in [7, 11) is 0. The summed E-state index contributed by atoms with van der Waals surface area (Å²) in [6.07, 6.45) is 0. The third-order valence-corrected chi connectivity index (χ3v) is 4.09. The van der Waals surface area contributed by atoms with Crippen LogP contribution in [0.1, 0.15) is 25.8 Å². The first-order chi connectivity index (χ1) is 9.88. The Morgan fingerprint density at radius 1 is 1.29 bits per heavy atom. The molecule has 1 aromatic heterocycles. The largest absolute Gasteiger partial charge is 0.348 e. The lowest BCUT2D eigenvalue weighted by Crippen LogP contribution is -2.48. The number of hydrogen-bond donors (Lipinski definition) is 2. The van der Waals surface area contributed by atoms with Crippen LogP contribution in [0, 0.1) is 5.41 Å². The van der Waals surface area contributed by atoms with Crippen molar-refractivity contribution in [2.24, 2.45) is 11.1 Å². The highest BCUT2D eigenvalue weighted by molar-refractivity contribution is 7.14. The summed E-state index contributed by atoms with van der Waals surface area (Å²) < 4.78 is 0. The Labute approximate surface area is 128 Å². The van der Waals surface area contributed by atoms with Crippen LogP contribution >= 0.6 is 11.3 Å².